The second kappa shape index (κ2) is 5.01. The molecule has 0 bridgehead atoms. The molecule has 0 fully saturated rings. The lowest BCUT2D eigenvalue weighted by molar-refractivity contribution is 0.0940. The number of rotatable bonds is 3. The van der Waals surface area contributed by atoms with E-state index in [0.29, 0.717) is 5.56 Å². The van der Waals surface area contributed by atoms with Crippen LogP contribution >= 0.6 is 11.6 Å². The van der Waals surface area contributed by atoms with Crippen LogP contribution in [0, 0.1) is 0 Å². The molecular weight excluding hydrogens is 198 g/mol. The summed E-state index contributed by atoms with van der Waals surface area (Å²) in [6, 6.07) is 9.09. The van der Waals surface area contributed by atoms with Crippen molar-refractivity contribution in [3.8, 4) is 0 Å². The van der Waals surface area contributed by atoms with Crippen molar-refractivity contribution >= 4 is 17.5 Å². The standard InChI is InChI=1S/C11H14ClNO/c1-8(12)9(2)13-11(14)10-6-4-3-5-7-10/h3-9H,1-2H3,(H,13,14)/t8-,9-/m1/s1. The number of carbonyl (C=O) groups is 1. The molecule has 2 nitrogen and oxygen atoms in total. The summed E-state index contributed by atoms with van der Waals surface area (Å²) in [5.74, 6) is -0.0781. The van der Waals surface area contributed by atoms with E-state index < -0.39 is 0 Å². The van der Waals surface area contributed by atoms with Crippen molar-refractivity contribution in [1.82, 2.24) is 5.32 Å². The molecule has 0 spiro atoms. The van der Waals surface area contributed by atoms with Gasteiger partial charge in [-0.15, -0.1) is 11.6 Å². The Labute approximate surface area is 89.3 Å². The minimum absolute atomic E-state index is 0.0237. The lowest BCUT2D eigenvalue weighted by atomic mass is 10.2. The van der Waals surface area contributed by atoms with E-state index in [1.165, 1.54) is 0 Å². The maximum absolute atomic E-state index is 11.6. The molecule has 0 saturated heterocycles. The monoisotopic (exact) mass is 211 g/mol. The smallest absolute Gasteiger partial charge is 0.251 e. The predicted octanol–water partition coefficient (Wildman–Crippen LogP) is 2.43. The molecule has 0 aliphatic rings. The van der Waals surface area contributed by atoms with Crippen molar-refractivity contribution in [3.63, 3.8) is 0 Å². The molecular formula is C11H14ClNO. The summed E-state index contributed by atoms with van der Waals surface area (Å²) >= 11 is 5.85. The molecule has 1 N–H and O–H groups in total. The first-order chi connectivity index (χ1) is 6.61. The second-order valence-corrected chi connectivity index (χ2v) is 3.99. The number of hydrogen-bond acceptors (Lipinski definition) is 1. The van der Waals surface area contributed by atoms with Gasteiger partial charge in [0, 0.05) is 11.6 Å². The van der Waals surface area contributed by atoms with Gasteiger partial charge in [-0.1, -0.05) is 18.2 Å². The zero-order valence-corrected chi connectivity index (χ0v) is 9.08. The number of halogens is 1. The Balaban J connectivity index is 2.60. The molecule has 76 valence electrons. The van der Waals surface area contributed by atoms with Gasteiger partial charge in [0.1, 0.15) is 0 Å². The Morgan fingerprint density at radius 2 is 1.86 bits per heavy atom. The van der Waals surface area contributed by atoms with Gasteiger partial charge in [-0.2, -0.15) is 0 Å². The summed E-state index contributed by atoms with van der Waals surface area (Å²) in [5.41, 5.74) is 0.664. The molecule has 0 aliphatic heterocycles. The van der Waals surface area contributed by atoms with Crippen molar-refractivity contribution < 1.29 is 4.79 Å². The van der Waals surface area contributed by atoms with Crippen molar-refractivity contribution in [3.05, 3.63) is 35.9 Å². The highest BCUT2D eigenvalue weighted by molar-refractivity contribution is 6.21. The number of carbonyl (C=O) groups excluding carboxylic acids is 1. The van der Waals surface area contributed by atoms with Crippen LogP contribution in [0.15, 0.2) is 30.3 Å². The van der Waals surface area contributed by atoms with Crippen molar-refractivity contribution in [1.29, 1.82) is 0 Å². The van der Waals surface area contributed by atoms with E-state index in [9.17, 15) is 4.79 Å². The van der Waals surface area contributed by atoms with Crippen LogP contribution in [0.4, 0.5) is 0 Å². The molecule has 2 atom stereocenters. The zero-order valence-electron chi connectivity index (χ0n) is 8.33. The molecule has 0 radical (unpaired) electrons. The summed E-state index contributed by atoms with van der Waals surface area (Å²) in [4.78, 5) is 11.6. The van der Waals surface area contributed by atoms with Crippen LogP contribution in [0.25, 0.3) is 0 Å². The first-order valence-electron chi connectivity index (χ1n) is 4.61. The van der Waals surface area contributed by atoms with Gasteiger partial charge in [0.25, 0.3) is 5.91 Å². The van der Waals surface area contributed by atoms with E-state index in [4.69, 9.17) is 11.6 Å². The van der Waals surface area contributed by atoms with Crippen LogP contribution in [-0.4, -0.2) is 17.3 Å². The molecule has 3 heteroatoms. The Morgan fingerprint density at radius 3 is 2.36 bits per heavy atom. The normalized spacial score (nSPS) is 14.5. The van der Waals surface area contributed by atoms with Crippen LogP contribution in [0.1, 0.15) is 24.2 Å². The van der Waals surface area contributed by atoms with Crippen LogP contribution in [-0.2, 0) is 0 Å². The molecule has 0 heterocycles. The molecule has 1 aromatic carbocycles. The number of alkyl halides is 1. The summed E-state index contributed by atoms with van der Waals surface area (Å²) in [6.45, 7) is 3.75. The molecule has 0 aromatic heterocycles. The predicted molar refractivity (Wildman–Crippen MR) is 58.7 cm³/mol. The Kier molecular flexibility index (Phi) is 3.96. The number of hydrogen-bond donors (Lipinski definition) is 1. The van der Waals surface area contributed by atoms with Crippen molar-refractivity contribution in [2.45, 2.75) is 25.3 Å². The average Bonchev–Trinajstić information content (AvgIpc) is 2.19. The molecule has 14 heavy (non-hydrogen) atoms. The Bertz CT molecular complexity index is 297. The highest BCUT2D eigenvalue weighted by atomic mass is 35.5. The molecule has 1 aromatic rings. The highest BCUT2D eigenvalue weighted by Crippen LogP contribution is 2.03. The van der Waals surface area contributed by atoms with Gasteiger partial charge >= 0.3 is 0 Å². The van der Waals surface area contributed by atoms with E-state index in [0.717, 1.165) is 0 Å². The minimum atomic E-state index is -0.0781. The third-order valence-corrected chi connectivity index (χ3v) is 2.46. The van der Waals surface area contributed by atoms with Crippen molar-refractivity contribution in [2.24, 2.45) is 0 Å². The fourth-order valence-corrected chi connectivity index (χ4v) is 1.06. The Morgan fingerprint density at radius 1 is 1.29 bits per heavy atom. The van der Waals surface area contributed by atoms with E-state index in [2.05, 4.69) is 5.32 Å². The average molecular weight is 212 g/mol. The van der Waals surface area contributed by atoms with Crippen LogP contribution in [0.5, 0.6) is 0 Å². The number of benzene rings is 1. The molecule has 1 rings (SSSR count). The van der Waals surface area contributed by atoms with Gasteiger partial charge in [-0.05, 0) is 26.0 Å². The first-order valence-corrected chi connectivity index (χ1v) is 5.05. The fourth-order valence-electron chi connectivity index (χ4n) is 0.994. The third-order valence-electron chi connectivity index (χ3n) is 2.08. The molecule has 0 saturated carbocycles. The van der Waals surface area contributed by atoms with Gasteiger partial charge < -0.3 is 5.32 Å². The lowest BCUT2D eigenvalue weighted by Gasteiger charge is -2.15. The summed E-state index contributed by atoms with van der Waals surface area (Å²) in [5, 5.41) is 2.76. The van der Waals surface area contributed by atoms with Crippen LogP contribution in [0.3, 0.4) is 0 Å². The maximum Gasteiger partial charge on any atom is 0.251 e. The van der Waals surface area contributed by atoms with Gasteiger partial charge in [-0.25, -0.2) is 0 Å². The van der Waals surface area contributed by atoms with E-state index in [-0.39, 0.29) is 17.3 Å². The summed E-state index contributed by atoms with van der Waals surface area (Å²) in [6.07, 6.45) is 0. The lowest BCUT2D eigenvalue weighted by Crippen LogP contribution is -2.37. The molecule has 0 aliphatic carbocycles. The van der Waals surface area contributed by atoms with Gasteiger partial charge in [0.2, 0.25) is 0 Å². The van der Waals surface area contributed by atoms with Gasteiger partial charge in [-0.3, -0.25) is 4.79 Å². The van der Waals surface area contributed by atoms with E-state index >= 15 is 0 Å². The van der Waals surface area contributed by atoms with Crippen molar-refractivity contribution in [2.75, 3.05) is 0 Å². The highest BCUT2D eigenvalue weighted by Gasteiger charge is 2.12. The quantitative estimate of drug-likeness (QED) is 0.765. The molecule has 1 amide bonds. The van der Waals surface area contributed by atoms with Crippen LogP contribution < -0.4 is 5.32 Å². The van der Waals surface area contributed by atoms with E-state index in [1.807, 2.05) is 32.0 Å². The maximum atomic E-state index is 11.6. The SMILES string of the molecule is C[C@@H](Cl)[C@@H](C)NC(=O)c1ccccc1. The second-order valence-electron chi connectivity index (χ2n) is 3.31. The Hall–Kier alpha value is -1.02. The topological polar surface area (TPSA) is 29.1 Å². The third kappa shape index (κ3) is 3.04. The first kappa shape index (κ1) is 11.1. The van der Waals surface area contributed by atoms with Gasteiger partial charge in [0.05, 0.1) is 5.38 Å². The summed E-state index contributed by atoms with van der Waals surface area (Å²) in [7, 11) is 0. The minimum Gasteiger partial charge on any atom is -0.348 e. The molecule has 0 unspecified atom stereocenters. The van der Waals surface area contributed by atoms with Gasteiger partial charge in [0.15, 0.2) is 0 Å². The van der Waals surface area contributed by atoms with E-state index in [1.54, 1.807) is 12.1 Å². The summed E-state index contributed by atoms with van der Waals surface area (Å²) < 4.78 is 0. The largest absolute Gasteiger partial charge is 0.348 e. The zero-order chi connectivity index (χ0) is 10.6. The van der Waals surface area contributed by atoms with Crippen LogP contribution in [0.2, 0.25) is 0 Å². The number of amides is 1. The number of nitrogens with one attached hydrogen (secondary N) is 1. The fraction of sp³-hybridized carbons (Fsp3) is 0.364.